The van der Waals surface area contributed by atoms with E-state index in [1.165, 1.54) is 0 Å². The molecule has 104 valence electrons. The van der Waals surface area contributed by atoms with Crippen LogP contribution in [-0.2, 0) is 6.54 Å². The topological polar surface area (TPSA) is 59.2 Å². The third kappa shape index (κ3) is 3.08. The summed E-state index contributed by atoms with van der Waals surface area (Å²) in [5, 5.41) is 0.303. The number of hydrogen-bond acceptors (Lipinski definition) is 3. The number of carbonyl (C=O) groups is 1. The van der Waals surface area contributed by atoms with Crippen molar-refractivity contribution in [3.63, 3.8) is 0 Å². The fourth-order valence-electron chi connectivity index (χ4n) is 1.90. The monoisotopic (exact) mass is 289 g/mol. The van der Waals surface area contributed by atoms with E-state index in [4.69, 9.17) is 17.3 Å². The van der Waals surface area contributed by atoms with Gasteiger partial charge in [0.1, 0.15) is 0 Å². The Hall–Kier alpha value is -2.07. The first-order valence-electron chi connectivity index (χ1n) is 6.36. The standard InChI is InChI=1S/C15H16ClN3O/c1-2-19(10-11-6-3-4-9-18-11)15(20)12-7-5-8-13(17)14(12)16/h3-9H,2,10,17H2,1H3. The number of rotatable bonds is 4. The van der Waals surface area contributed by atoms with Gasteiger partial charge in [-0.15, -0.1) is 0 Å². The first-order valence-corrected chi connectivity index (χ1v) is 6.74. The Labute approximate surface area is 123 Å². The molecule has 1 aromatic carbocycles. The van der Waals surface area contributed by atoms with Crippen molar-refractivity contribution in [3.05, 3.63) is 58.9 Å². The molecule has 0 saturated carbocycles. The molecule has 4 nitrogen and oxygen atoms in total. The average molecular weight is 290 g/mol. The highest BCUT2D eigenvalue weighted by Gasteiger charge is 2.18. The smallest absolute Gasteiger partial charge is 0.255 e. The van der Waals surface area contributed by atoms with Crippen molar-refractivity contribution in [2.75, 3.05) is 12.3 Å². The number of benzene rings is 1. The molecule has 0 radical (unpaired) electrons. The third-order valence-electron chi connectivity index (χ3n) is 3.01. The lowest BCUT2D eigenvalue weighted by Gasteiger charge is -2.21. The van der Waals surface area contributed by atoms with E-state index in [0.717, 1.165) is 5.69 Å². The number of anilines is 1. The fourth-order valence-corrected chi connectivity index (χ4v) is 2.11. The lowest BCUT2D eigenvalue weighted by atomic mass is 10.1. The molecule has 0 saturated heterocycles. The number of carbonyl (C=O) groups excluding carboxylic acids is 1. The zero-order valence-electron chi connectivity index (χ0n) is 11.2. The molecule has 1 heterocycles. The number of pyridine rings is 1. The Morgan fingerprint density at radius 1 is 1.30 bits per heavy atom. The lowest BCUT2D eigenvalue weighted by Crippen LogP contribution is -2.31. The van der Waals surface area contributed by atoms with E-state index < -0.39 is 0 Å². The van der Waals surface area contributed by atoms with Crippen molar-refractivity contribution in [2.24, 2.45) is 0 Å². The van der Waals surface area contributed by atoms with Gasteiger partial charge in [-0.2, -0.15) is 0 Å². The highest BCUT2D eigenvalue weighted by molar-refractivity contribution is 6.36. The number of nitrogens with two attached hydrogens (primary N) is 1. The molecular weight excluding hydrogens is 274 g/mol. The van der Waals surface area contributed by atoms with Crippen LogP contribution in [0.4, 0.5) is 5.69 Å². The molecule has 1 amide bonds. The van der Waals surface area contributed by atoms with Gasteiger partial charge in [0.15, 0.2) is 0 Å². The molecule has 5 heteroatoms. The maximum absolute atomic E-state index is 12.5. The Bertz CT molecular complexity index is 601. The summed E-state index contributed by atoms with van der Waals surface area (Å²) < 4.78 is 0. The molecule has 0 atom stereocenters. The minimum Gasteiger partial charge on any atom is -0.398 e. The average Bonchev–Trinajstić information content (AvgIpc) is 2.48. The number of nitrogens with zero attached hydrogens (tertiary/aromatic N) is 2. The summed E-state index contributed by atoms with van der Waals surface area (Å²) in [6, 6.07) is 10.7. The van der Waals surface area contributed by atoms with Gasteiger partial charge in [0.25, 0.3) is 5.91 Å². The van der Waals surface area contributed by atoms with Crippen molar-refractivity contribution >= 4 is 23.2 Å². The minimum absolute atomic E-state index is 0.143. The Morgan fingerprint density at radius 2 is 2.10 bits per heavy atom. The van der Waals surface area contributed by atoms with Crippen LogP contribution in [0.1, 0.15) is 23.0 Å². The molecule has 0 bridgehead atoms. The van der Waals surface area contributed by atoms with E-state index in [-0.39, 0.29) is 5.91 Å². The van der Waals surface area contributed by atoms with E-state index in [0.29, 0.717) is 29.4 Å². The lowest BCUT2D eigenvalue weighted by molar-refractivity contribution is 0.0751. The molecule has 0 aliphatic carbocycles. The number of nitrogen functional groups attached to an aromatic ring is 1. The van der Waals surface area contributed by atoms with E-state index in [9.17, 15) is 4.79 Å². The van der Waals surface area contributed by atoms with Crippen LogP contribution in [0.25, 0.3) is 0 Å². The Morgan fingerprint density at radius 3 is 2.75 bits per heavy atom. The van der Waals surface area contributed by atoms with Crippen molar-refractivity contribution in [1.29, 1.82) is 0 Å². The summed E-state index contributed by atoms with van der Waals surface area (Å²) in [5.74, 6) is -0.143. The van der Waals surface area contributed by atoms with E-state index >= 15 is 0 Å². The number of aromatic nitrogens is 1. The van der Waals surface area contributed by atoms with Gasteiger partial charge in [-0.1, -0.05) is 23.7 Å². The molecule has 0 fully saturated rings. The summed E-state index contributed by atoms with van der Waals surface area (Å²) in [4.78, 5) is 18.4. The fraction of sp³-hybridized carbons (Fsp3) is 0.200. The molecule has 0 aliphatic rings. The second kappa shape index (κ2) is 6.39. The largest absolute Gasteiger partial charge is 0.398 e. The second-order valence-electron chi connectivity index (χ2n) is 4.35. The second-order valence-corrected chi connectivity index (χ2v) is 4.73. The number of amides is 1. The molecule has 20 heavy (non-hydrogen) atoms. The van der Waals surface area contributed by atoms with Crippen LogP contribution in [-0.4, -0.2) is 22.3 Å². The van der Waals surface area contributed by atoms with Gasteiger partial charge in [0, 0.05) is 12.7 Å². The van der Waals surface area contributed by atoms with Crippen LogP contribution in [0.15, 0.2) is 42.6 Å². The molecule has 2 aromatic rings. The molecule has 2 rings (SSSR count). The maximum Gasteiger partial charge on any atom is 0.255 e. The summed E-state index contributed by atoms with van der Waals surface area (Å²) >= 11 is 6.10. The predicted molar refractivity (Wildman–Crippen MR) is 80.5 cm³/mol. The summed E-state index contributed by atoms with van der Waals surface area (Å²) in [6.07, 6.45) is 1.71. The Balaban J connectivity index is 2.23. The maximum atomic E-state index is 12.5. The van der Waals surface area contributed by atoms with Gasteiger partial charge in [0.2, 0.25) is 0 Å². The normalized spacial score (nSPS) is 10.3. The summed E-state index contributed by atoms with van der Waals surface area (Å²) in [7, 11) is 0. The first kappa shape index (κ1) is 14.3. The van der Waals surface area contributed by atoms with Crippen molar-refractivity contribution in [1.82, 2.24) is 9.88 Å². The zero-order chi connectivity index (χ0) is 14.5. The van der Waals surface area contributed by atoms with E-state index in [2.05, 4.69) is 4.98 Å². The van der Waals surface area contributed by atoms with Crippen LogP contribution in [0.2, 0.25) is 5.02 Å². The highest BCUT2D eigenvalue weighted by Crippen LogP contribution is 2.24. The van der Waals surface area contributed by atoms with Gasteiger partial charge in [-0.3, -0.25) is 9.78 Å². The number of halogens is 1. The highest BCUT2D eigenvalue weighted by atomic mass is 35.5. The van der Waals surface area contributed by atoms with Crippen LogP contribution < -0.4 is 5.73 Å². The van der Waals surface area contributed by atoms with Crippen LogP contribution in [0.3, 0.4) is 0 Å². The van der Waals surface area contributed by atoms with Gasteiger partial charge < -0.3 is 10.6 Å². The molecule has 0 unspecified atom stereocenters. The van der Waals surface area contributed by atoms with Gasteiger partial charge in [0.05, 0.1) is 28.5 Å². The quantitative estimate of drug-likeness (QED) is 0.880. The van der Waals surface area contributed by atoms with Gasteiger partial charge in [-0.25, -0.2) is 0 Å². The molecule has 1 aromatic heterocycles. The minimum atomic E-state index is -0.143. The summed E-state index contributed by atoms with van der Waals surface area (Å²) in [6.45, 7) is 2.93. The molecule has 0 aliphatic heterocycles. The van der Waals surface area contributed by atoms with Crippen molar-refractivity contribution in [3.8, 4) is 0 Å². The van der Waals surface area contributed by atoms with Crippen LogP contribution >= 0.6 is 11.6 Å². The predicted octanol–water partition coefficient (Wildman–Crippen LogP) is 2.98. The molecule has 2 N–H and O–H groups in total. The first-order chi connectivity index (χ1) is 9.63. The van der Waals surface area contributed by atoms with Crippen molar-refractivity contribution in [2.45, 2.75) is 13.5 Å². The molecular formula is C15H16ClN3O. The van der Waals surface area contributed by atoms with Crippen LogP contribution in [0.5, 0.6) is 0 Å². The molecule has 0 spiro atoms. The SMILES string of the molecule is CCN(Cc1ccccn1)C(=O)c1cccc(N)c1Cl. The van der Waals surface area contributed by atoms with Gasteiger partial charge in [-0.05, 0) is 31.2 Å². The number of hydrogen-bond donors (Lipinski definition) is 1. The summed E-state index contributed by atoms with van der Waals surface area (Å²) in [5.41, 5.74) is 7.40. The van der Waals surface area contributed by atoms with Gasteiger partial charge >= 0.3 is 0 Å². The third-order valence-corrected chi connectivity index (χ3v) is 3.43. The van der Waals surface area contributed by atoms with E-state index in [1.54, 1.807) is 29.3 Å². The zero-order valence-corrected chi connectivity index (χ0v) is 12.0. The Kier molecular flexibility index (Phi) is 4.58. The van der Waals surface area contributed by atoms with E-state index in [1.807, 2.05) is 25.1 Å². The van der Waals surface area contributed by atoms with Crippen molar-refractivity contribution < 1.29 is 4.79 Å². The van der Waals surface area contributed by atoms with Crippen LogP contribution in [0, 0.1) is 0 Å².